The van der Waals surface area contributed by atoms with E-state index >= 15 is 0 Å². The van der Waals surface area contributed by atoms with Gasteiger partial charge in [-0.25, -0.2) is 4.98 Å². The normalized spacial score (nSPS) is 18.7. The van der Waals surface area contributed by atoms with Gasteiger partial charge in [0.05, 0.1) is 33.8 Å². The van der Waals surface area contributed by atoms with Crippen LogP contribution in [0, 0.1) is 0 Å². The Hall–Kier alpha value is -4.69. The summed E-state index contributed by atoms with van der Waals surface area (Å²) in [7, 11) is -1.25. The molecule has 3 heterocycles. The number of hydrogen-bond donors (Lipinski definition) is 3. The second kappa shape index (κ2) is 18.8. The third-order valence-electron chi connectivity index (χ3n) is 12.8. The zero-order valence-corrected chi connectivity index (χ0v) is 41.1. The van der Waals surface area contributed by atoms with E-state index < -0.39 is 46.8 Å². The van der Waals surface area contributed by atoms with Crippen LogP contribution in [0.3, 0.4) is 0 Å². The molecule has 3 N–H and O–H groups in total. The minimum Gasteiger partial charge on any atom is -0.497 e. The lowest BCUT2D eigenvalue weighted by molar-refractivity contribution is -0.114. The molecular weight excluding hydrogens is 833 g/mol. The Morgan fingerprint density at radius 3 is 1.89 bits per heavy atom. The van der Waals surface area contributed by atoms with Crippen molar-refractivity contribution in [3.8, 4) is 11.5 Å². The Bertz CT molecular complexity index is 2260. The van der Waals surface area contributed by atoms with Crippen LogP contribution in [-0.2, 0) is 28.7 Å². The average Bonchev–Trinajstić information content (AvgIpc) is 3.79. The molecule has 0 radical (unpaired) electrons. The molecule has 6 rings (SSSR count). The number of aromatic nitrogens is 4. The number of aliphatic hydroxyl groups excluding tert-OH is 1. The summed E-state index contributed by atoms with van der Waals surface area (Å²) in [5.74, 6) is 1.57. The molecular formula is C47H66N6O8Si2. The van der Waals surface area contributed by atoms with E-state index in [0.717, 1.165) is 16.7 Å². The van der Waals surface area contributed by atoms with Crippen LogP contribution in [0.2, 0.25) is 36.3 Å². The van der Waals surface area contributed by atoms with E-state index in [1.54, 1.807) is 25.1 Å². The van der Waals surface area contributed by atoms with Crippen molar-refractivity contribution in [2.24, 2.45) is 0 Å². The first-order chi connectivity index (χ1) is 29.6. The monoisotopic (exact) mass is 898 g/mol. The van der Waals surface area contributed by atoms with Crippen molar-refractivity contribution >= 4 is 45.5 Å². The molecule has 0 saturated carbocycles. The van der Waals surface area contributed by atoms with Crippen LogP contribution in [0.25, 0.3) is 11.2 Å². The van der Waals surface area contributed by atoms with Crippen molar-refractivity contribution in [2.45, 2.75) is 115 Å². The molecule has 5 aromatic rings. The number of methoxy groups -OCH3 is 2. The molecule has 1 saturated heterocycles. The fourth-order valence-corrected chi connectivity index (χ4v) is 9.53. The van der Waals surface area contributed by atoms with Crippen molar-refractivity contribution in [2.75, 3.05) is 44.6 Å². The number of carbonyl (C=O) groups excluding carboxylic acids is 1. The number of anilines is 2. The first-order valence-corrected chi connectivity index (χ1v) is 27.3. The first kappa shape index (κ1) is 47.8. The molecule has 340 valence electrons. The van der Waals surface area contributed by atoms with E-state index in [-0.39, 0.29) is 28.5 Å². The molecule has 14 nitrogen and oxygen atoms in total. The van der Waals surface area contributed by atoms with Crippen LogP contribution in [0.5, 0.6) is 11.5 Å². The minimum atomic E-state index is -2.53. The highest BCUT2D eigenvalue weighted by molar-refractivity contribution is 6.74. The quantitative estimate of drug-likeness (QED) is 0.0463. The molecule has 0 bridgehead atoms. The number of nitrogens with one attached hydrogen (secondary N) is 2. The maximum atomic E-state index is 12.5. The predicted octanol–water partition coefficient (Wildman–Crippen LogP) is 8.89. The van der Waals surface area contributed by atoms with Gasteiger partial charge in [-0.2, -0.15) is 9.97 Å². The number of ether oxygens (including phenoxy) is 4. The number of carbonyl (C=O) groups is 1. The number of imidazole rings is 1. The second-order valence-electron chi connectivity index (χ2n) is 19.2. The van der Waals surface area contributed by atoms with Crippen LogP contribution >= 0.6 is 0 Å². The SMILES string of the molecule is COc1ccc(C(OC[C@H]2O[C@@H](n3cnc4c(NCCO[Si](C)(C)C(C)(C)C)nc(NC(C)=O)nc43)[C@H](O)[C@@H]2O[Si](C)(C)C(C)(C)C)(c2ccccc2)c2ccc(OC)cc2)cc1. The molecule has 0 aliphatic carbocycles. The van der Waals surface area contributed by atoms with Gasteiger partial charge in [0.15, 0.2) is 39.8 Å². The fourth-order valence-electron chi connectivity index (χ4n) is 7.16. The van der Waals surface area contributed by atoms with Crippen molar-refractivity contribution in [1.29, 1.82) is 0 Å². The highest BCUT2D eigenvalue weighted by atomic mass is 28.4. The summed E-state index contributed by atoms with van der Waals surface area (Å²) in [5, 5.41) is 18.4. The molecule has 16 heteroatoms. The van der Waals surface area contributed by atoms with Gasteiger partial charge in [0.1, 0.15) is 35.4 Å². The van der Waals surface area contributed by atoms with Gasteiger partial charge in [-0.05, 0) is 77.2 Å². The summed E-state index contributed by atoms with van der Waals surface area (Å²) >= 11 is 0. The van der Waals surface area contributed by atoms with Gasteiger partial charge in [-0.3, -0.25) is 14.7 Å². The summed E-state index contributed by atoms with van der Waals surface area (Å²) in [6.07, 6.45) is -2.17. The minimum absolute atomic E-state index is 0.0135. The van der Waals surface area contributed by atoms with Crippen LogP contribution < -0.4 is 20.1 Å². The molecule has 1 aliphatic heterocycles. The van der Waals surface area contributed by atoms with Crippen molar-refractivity contribution in [1.82, 2.24) is 19.5 Å². The van der Waals surface area contributed by atoms with Crippen LogP contribution in [0.1, 0.15) is 71.4 Å². The fraction of sp³-hybridized carbons (Fsp3) is 0.489. The zero-order chi connectivity index (χ0) is 46.0. The summed E-state index contributed by atoms with van der Waals surface area (Å²) in [5.41, 5.74) is 2.24. The van der Waals surface area contributed by atoms with Gasteiger partial charge in [0, 0.05) is 13.5 Å². The topological polar surface area (TPSA) is 160 Å². The van der Waals surface area contributed by atoms with Crippen LogP contribution in [-0.4, -0.2) is 99.5 Å². The third kappa shape index (κ3) is 10.2. The Balaban J connectivity index is 1.41. The number of nitrogens with zero attached hydrogens (tertiary/aromatic N) is 4. The predicted molar refractivity (Wildman–Crippen MR) is 252 cm³/mol. The number of hydrogen-bond acceptors (Lipinski definition) is 12. The van der Waals surface area contributed by atoms with Gasteiger partial charge >= 0.3 is 0 Å². The lowest BCUT2D eigenvalue weighted by Crippen LogP contribution is -2.50. The van der Waals surface area contributed by atoms with Crippen molar-refractivity contribution < 1.29 is 37.7 Å². The molecule has 1 aliphatic rings. The van der Waals surface area contributed by atoms with E-state index in [2.05, 4.69) is 83.3 Å². The average molecular weight is 899 g/mol. The van der Waals surface area contributed by atoms with Gasteiger partial charge in [0.25, 0.3) is 0 Å². The molecule has 2 aromatic heterocycles. The zero-order valence-electron chi connectivity index (χ0n) is 39.1. The molecule has 0 spiro atoms. The number of fused-ring (bicyclic) bond motifs is 1. The van der Waals surface area contributed by atoms with Gasteiger partial charge in [0.2, 0.25) is 11.9 Å². The maximum absolute atomic E-state index is 12.5. The number of benzene rings is 3. The van der Waals surface area contributed by atoms with E-state index in [1.807, 2.05) is 78.9 Å². The standard InChI is InChI=1S/C47H66N6O8Si2/c1-31(54)50-44-51-41(48-27-28-59-62(10,11)45(2,3)4)38-42(52-44)53(30-49-38)43-39(55)40(61-63(12,13)46(5,6)7)37(60-43)29-58-47(32-17-15-14-16-18-32,33-19-23-35(56-8)24-20-33)34-21-25-36(57-9)26-22-34/h14-26,30,37,39-40,43,55H,27-29H2,1-13H3,(H2,48,50,51,52,54)/t37-,39-,40-,43-/m1/s1. The smallest absolute Gasteiger partial charge is 0.233 e. The van der Waals surface area contributed by atoms with Gasteiger partial charge in [-0.15, -0.1) is 0 Å². The van der Waals surface area contributed by atoms with Crippen molar-refractivity contribution in [3.63, 3.8) is 0 Å². The van der Waals surface area contributed by atoms with E-state index in [1.165, 1.54) is 6.92 Å². The number of amides is 1. The number of aliphatic hydroxyl groups is 1. The van der Waals surface area contributed by atoms with Gasteiger partial charge < -0.3 is 38.2 Å². The molecule has 0 unspecified atom stereocenters. The summed E-state index contributed by atoms with van der Waals surface area (Å²) in [4.78, 5) is 26.4. The molecule has 1 fully saturated rings. The highest BCUT2D eigenvalue weighted by Gasteiger charge is 2.52. The second-order valence-corrected chi connectivity index (χ2v) is 28.7. The third-order valence-corrected chi connectivity index (χ3v) is 21.8. The Morgan fingerprint density at radius 2 is 1.37 bits per heavy atom. The largest absolute Gasteiger partial charge is 0.497 e. The van der Waals surface area contributed by atoms with E-state index in [9.17, 15) is 9.90 Å². The molecule has 1 amide bonds. The summed E-state index contributed by atoms with van der Waals surface area (Å²) in [6.45, 7) is 24.1. The summed E-state index contributed by atoms with van der Waals surface area (Å²) < 4.78 is 40.6. The highest BCUT2D eigenvalue weighted by Crippen LogP contribution is 2.45. The van der Waals surface area contributed by atoms with Crippen LogP contribution in [0.15, 0.2) is 85.2 Å². The Morgan fingerprint density at radius 1 is 0.810 bits per heavy atom. The van der Waals surface area contributed by atoms with Crippen molar-refractivity contribution in [3.05, 3.63) is 102 Å². The van der Waals surface area contributed by atoms with E-state index in [0.29, 0.717) is 41.6 Å². The summed E-state index contributed by atoms with van der Waals surface area (Å²) in [6, 6.07) is 25.7. The van der Waals surface area contributed by atoms with Gasteiger partial charge in [-0.1, -0.05) is 96.1 Å². The molecule has 63 heavy (non-hydrogen) atoms. The first-order valence-electron chi connectivity index (χ1n) is 21.5. The lowest BCUT2D eigenvalue weighted by atomic mass is 9.80. The Labute approximate surface area is 374 Å². The molecule has 4 atom stereocenters. The Kier molecular flexibility index (Phi) is 14.3. The van der Waals surface area contributed by atoms with E-state index in [4.69, 9.17) is 37.8 Å². The van der Waals surface area contributed by atoms with Crippen LogP contribution in [0.4, 0.5) is 11.8 Å². The number of rotatable bonds is 17. The lowest BCUT2D eigenvalue weighted by Gasteiger charge is -2.41. The molecule has 3 aromatic carbocycles. The maximum Gasteiger partial charge on any atom is 0.233 e.